The van der Waals surface area contributed by atoms with E-state index in [2.05, 4.69) is 15.7 Å². The molecule has 0 radical (unpaired) electrons. The van der Waals surface area contributed by atoms with Gasteiger partial charge in [0.25, 0.3) is 0 Å². The first-order valence-electron chi connectivity index (χ1n) is 8.73. The summed E-state index contributed by atoms with van der Waals surface area (Å²) in [5.41, 5.74) is 5.96. The van der Waals surface area contributed by atoms with E-state index in [1.807, 2.05) is 11.3 Å². The van der Waals surface area contributed by atoms with Gasteiger partial charge in [0.1, 0.15) is 23.5 Å². The molecule has 0 aliphatic heterocycles. The number of aryl methyl sites for hydroxylation is 2. The maximum absolute atomic E-state index is 8.81. The Bertz CT molecular complexity index is 651. The lowest BCUT2D eigenvalue weighted by Crippen LogP contribution is -2.20. The lowest BCUT2D eigenvalue weighted by atomic mass is 9.98. The van der Waals surface area contributed by atoms with Gasteiger partial charge in [0.2, 0.25) is 5.88 Å². The van der Waals surface area contributed by atoms with E-state index >= 15 is 0 Å². The van der Waals surface area contributed by atoms with Crippen LogP contribution in [0, 0.1) is 0 Å². The molecule has 6 heteroatoms. The van der Waals surface area contributed by atoms with Crippen LogP contribution in [0.3, 0.4) is 0 Å². The number of aldehydes is 1. The van der Waals surface area contributed by atoms with E-state index in [-0.39, 0.29) is 0 Å². The van der Waals surface area contributed by atoms with Crippen LogP contribution in [-0.4, -0.2) is 29.4 Å². The Morgan fingerprint density at radius 1 is 1.17 bits per heavy atom. The number of hydrogen-bond donors (Lipinski definition) is 1. The van der Waals surface area contributed by atoms with Crippen LogP contribution in [0.5, 0.6) is 5.88 Å². The van der Waals surface area contributed by atoms with Gasteiger partial charge in [-0.1, -0.05) is 6.42 Å². The molecule has 2 N–H and O–H groups in total. The quantitative estimate of drug-likeness (QED) is 0.837. The summed E-state index contributed by atoms with van der Waals surface area (Å²) in [6, 6.07) is 0. The number of carbonyl (C=O) groups is 1. The molecule has 5 nitrogen and oxygen atoms in total. The zero-order valence-corrected chi connectivity index (χ0v) is 15.4. The Morgan fingerprint density at radius 2 is 1.88 bits per heavy atom. The third-order valence-corrected chi connectivity index (χ3v) is 5.50. The normalized spacial score (nSPS) is 16.5. The summed E-state index contributed by atoms with van der Waals surface area (Å²) in [5, 5.41) is 1.21. The van der Waals surface area contributed by atoms with Crippen molar-refractivity contribution in [1.29, 1.82) is 0 Å². The molecule has 2 aliphatic carbocycles. The van der Waals surface area contributed by atoms with E-state index in [9.17, 15) is 0 Å². The highest BCUT2D eigenvalue weighted by Gasteiger charge is 2.23. The maximum atomic E-state index is 8.81. The SMILES string of the molecule is CC=O.CN.c1nc(OC2CCCCC2)c2c3c(sc2n1)CCC3. The summed E-state index contributed by atoms with van der Waals surface area (Å²) < 4.78 is 6.21. The summed E-state index contributed by atoms with van der Waals surface area (Å²) in [7, 11) is 1.50. The zero-order chi connectivity index (χ0) is 17.4. The van der Waals surface area contributed by atoms with Gasteiger partial charge in [-0.2, -0.15) is 0 Å². The molecule has 2 aromatic heterocycles. The number of ether oxygens (including phenoxy) is 1. The predicted molar refractivity (Wildman–Crippen MR) is 98.8 cm³/mol. The second-order valence-electron chi connectivity index (χ2n) is 5.83. The zero-order valence-electron chi connectivity index (χ0n) is 14.6. The summed E-state index contributed by atoms with van der Waals surface area (Å²) in [5.74, 6) is 0.844. The molecule has 0 aromatic carbocycles. The molecule has 132 valence electrons. The van der Waals surface area contributed by atoms with Crippen molar-refractivity contribution in [3.05, 3.63) is 16.8 Å². The molecular weight excluding hydrogens is 322 g/mol. The van der Waals surface area contributed by atoms with E-state index in [1.54, 1.807) is 6.33 Å². The van der Waals surface area contributed by atoms with Crippen molar-refractivity contribution >= 4 is 27.8 Å². The fraction of sp³-hybridized carbons (Fsp3) is 0.611. The molecular formula is C18H27N3O2S. The highest BCUT2D eigenvalue weighted by molar-refractivity contribution is 7.18. The van der Waals surface area contributed by atoms with Crippen LogP contribution in [0.15, 0.2) is 6.33 Å². The monoisotopic (exact) mass is 349 g/mol. The van der Waals surface area contributed by atoms with E-state index in [1.165, 1.54) is 81.2 Å². The topological polar surface area (TPSA) is 78.1 Å². The van der Waals surface area contributed by atoms with Crippen molar-refractivity contribution in [2.45, 2.75) is 64.4 Å². The van der Waals surface area contributed by atoms with Gasteiger partial charge in [-0.05, 0) is 64.5 Å². The highest BCUT2D eigenvalue weighted by atomic mass is 32.1. The average Bonchev–Trinajstić information content (AvgIpc) is 3.19. The fourth-order valence-electron chi connectivity index (χ4n) is 3.33. The minimum Gasteiger partial charge on any atom is -0.474 e. The Hall–Kier alpha value is -1.53. The molecule has 0 unspecified atom stereocenters. The molecule has 2 aromatic rings. The molecule has 0 atom stereocenters. The molecule has 1 fully saturated rings. The smallest absolute Gasteiger partial charge is 0.225 e. The Balaban J connectivity index is 0.000000378. The lowest BCUT2D eigenvalue weighted by Gasteiger charge is -2.22. The van der Waals surface area contributed by atoms with Crippen molar-refractivity contribution in [2.75, 3.05) is 7.05 Å². The second-order valence-corrected chi connectivity index (χ2v) is 6.91. The van der Waals surface area contributed by atoms with Crippen LogP contribution in [0.4, 0.5) is 0 Å². The number of rotatable bonds is 2. The summed E-state index contributed by atoms with van der Waals surface area (Å²) in [6.07, 6.45) is 12.7. The van der Waals surface area contributed by atoms with Crippen molar-refractivity contribution < 1.29 is 9.53 Å². The van der Waals surface area contributed by atoms with Gasteiger partial charge in [0.05, 0.1) is 5.39 Å². The van der Waals surface area contributed by atoms with Crippen LogP contribution in [-0.2, 0) is 17.6 Å². The van der Waals surface area contributed by atoms with E-state index < -0.39 is 0 Å². The predicted octanol–water partition coefficient (Wildman–Crippen LogP) is 3.67. The first-order chi connectivity index (χ1) is 11.8. The van der Waals surface area contributed by atoms with Crippen LogP contribution >= 0.6 is 11.3 Å². The molecule has 0 bridgehead atoms. The number of hydrogen-bond acceptors (Lipinski definition) is 6. The van der Waals surface area contributed by atoms with Crippen LogP contribution in [0.25, 0.3) is 10.2 Å². The Labute approximate surface area is 147 Å². The lowest BCUT2D eigenvalue weighted by molar-refractivity contribution is -0.106. The maximum Gasteiger partial charge on any atom is 0.225 e. The first-order valence-corrected chi connectivity index (χ1v) is 9.54. The van der Waals surface area contributed by atoms with Crippen LogP contribution < -0.4 is 10.5 Å². The fourth-order valence-corrected chi connectivity index (χ4v) is 4.55. The van der Waals surface area contributed by atoms with Gasteiger partial charge in [0.15, 0.2) is 0 Å². The first kappa shape index (κ1) is 18.8. The molecule has 4 rings (SSSR count). The van der Waals surface area contributed by atoms with Gasteiger partial charge in [-0.25, -0.2) is 9.97 Å². The van der Waals surface area contributed by atoms with Crippen LogP contribution in [0.2, 0.25) is 0 Å². The molecule has 2 aliphatic rings. The Kier molecular flexibility index (Phi) is 7.59. The van der Waals surface area contributed by atoms with Gasteiger partial charge in [0, 0.05) is 4.88 Å². The third-order valence-electron chi connectivity index (χ3n) is 4.30. The van der Waals surface area contributed by atoms with E-state index in [4.69, 9.17) is 9.53 Å². The van der Waals surface area contributed by atoms with E-state index in [0.29, 0.717) is 6.10 Å². The van der Waals surface area contributed by atoms with Gasteiger partial charge in [-0.15, -0.1) is 11.3 Å². The van der Waals surface area contributed by atoms with Crippen molar-refractivity contribution in [3.8, 4) is 5.88 Å². The number of nitrogens with two attached hydrogens (primary N) is 1. The number of nitrogens with zero attached hydrogens (tertiary/aromatic N) is 2. The summed E-state index contributed by atoms with van der Waals surface area (Å²) in [6.45, 7) is 1.44. The van der Waals surface area contributed by atoms with Gasteiger partial charge < -0.3 is 15.3 Å². The van der Waals surface area contributed by atoms with Gasteiger partial charge in [-0.3, -0.25) is 0 Å². The summed E-state index contributed by atoms with van der Waals surface area (Å²) >= 11 is 1.83. The molecule has 0 saturated heterocycles. The molecule has 0 spiro atoms. The van der Waals surface area contributed by atoms with E-state index in [0.717, 1.165) is 17.0 Å². The highest BCUT2D eigenvalue weighted by Crippen LogP contribution is 2.40. The average molecular weight is 350 g/mol. The van der Waals surface area contributed by atoms with Crippen molar-refractivity contribution in [3.63, 3.8) is 0 Å². The standard InChI is InChI=1S/C15H18N2OS.C2H4O.CH5N/c1-2-5-10(6-3-1)18-14-13-11-7-4-8-12(11)19-15(13)17-9-16-14;1-2-3;1-2/h9-10H,1-8H2;2H,1H3;2H2,1H3. The summed E-state index contributed by atoms with van der Waals surface area (Å²) in [4.78, 5) is 20.3. The largest absolute Gasteiger partial charge is 0.474 e. The van der Waals surface area contributed by atoms with Crippen molar-refractivity contribution in [1.82, 2.24) is 9.97 Å². The third kappa shape index (κ3) is 4.30. The Morgan fingerprint density at radius 3 is 2.58 bits per heavy atom. The molecule has 24 heavy (non-hydrogen) atoms. The molecule has 2 heterocycles. The van der Waals surface area contributed by atoms with Gasteiger partial charge >= 0.3 is 0 Å². The molecule has 0 amide bonds. The number of fused-ring (bicyclic) bond motifs is 3. The van der Waals surface area contributed by atoms with Crippen molar-refractivity contribution in [2.24, 2.45) is 5.73 Å². The number of carbonyl (C=O) groups excluding carboxylic acids is 1. The molecule has 1 saturated carbocycles. The minimum atomic E-state index is 0.365. The van der Waals surface area contributed by atoms with Crippen LogP contribution in [0.1, 0.15) is 55.9 Å². The second kappa shape index (κ2) is 9.69. The number of thiophene rings is 1. The minimum absolute atomic E-state index is 0.365. The number of aromatic nitrogens is 2.